The SMILES string of the molecule is O=C1C2CCC(C2)CN1O. The maximum Gasteiger partial charge on any atom is 0.249 e. The molecule has 0 aromatic carbocycles. The van der Waals surface area contributed by atoms with E-state index in [1.165, 1.54) is 0 Å². The van der Waals surface area contributed by atoms with Gasteiger partial charge in [0.1, 0.15) is 0 Å². The molecule has 1 saturated carbocycles. The van der Waals surface area contributed by atoms with Crippen LogP contribution < -0.4 is 0 Å². The van der Waals surface area contributed by atoms with E-state index >= 15 is 0 Å². The molecular weight excluding hydrogens is 130 g/mol. The van der Waals surface area contributed by atoms with E-state index in [0.717, 1.165) is 24.3 Å². The minimum absolute atomic E-state index is 0.0613. The van der Waals surface area contributed by atoms with Gasteiger partial charge in [0.2, 0.25) is 5.91 Å². The molecule has 1 N–H and O–H groups in total. The van der Waals surface area contributed by atoms with Gasteiger partial charge in [-0.25, -0.2) is 5.06 Å². The summed E-state index contributed by atoms with van der Waals surface area (Å²) in [5.74, 6) is 0.658. The van der Waals surface area contributed by atoms with Crippen LogP contribution >= 0.6 is 0 Å². The third-order valence-corrected chi connectivity index (χ3v) is 2.58. The predicted octanol–water partition coefficient (Wildman–Crippen LogP) is 0.634. The van der Waals surface area contributed by atoms with Crippen LogP contribution in [-0.4, -0.2) is 22.7 Å². The van der Waals surface area contributed by atoms with Crippen LogP contribution in [0.2, 0.25) is 0 Å². The van der Waals surface area contributed by atoms with E-state index in [0.29, 0.717) is 12.5 Å². The van der Waals surface area contributed by atoms with Crippen molar-refractivity contribution in [3.05, 3.63) is 0 Å². The number of nitrogens with zero attached hydrogens (tertiary/aromatic N) is 1. The lowest BCUT2D eigenvalue weighted by Gasteiger charge is -2.25. The Morgan fingerprint density at radius 2 is 2.30 bits per heavy atom. The first kappa shape index (κ1) is 6.16. The molecule has 3 nitrogen and oxygen atoms in total. The third kappa shape index (κ3) is 0.736. The molecule has 0 aromatic rings. The number of piperidine rings is 1. The van der Waals surface area contributed by atoms with E-state index < -0.39 is 0 Å². The van der Waals surface area contributed by atoms with Gasteiger partial charge in [0.25, 0.3) is 0 Å². The minimum atomic E-state index is -0.0613. The Hall–Kier alpha value is -0.570. The van der Waals surface area contributed by atoms with Gasteiger partial charge in [-0.2, -0.15) is 0 Å². The summed E-state index contributed by atoms with van der Waals surface area (Å²) in [5, 5.41) is 9.94. The molecule has 2 bridgehead atoms. The zero-order chi connectivity index (χ0) is 7.14. The summed E-state index contributed by atoms with van der Waals surface area (Å²) >= 11 is 0. The third-order valence-electron chi connectivity index (χ3n) is 2.58. The number of fused-ring (bicyclic) bond motifs is 2. The van der Waals surface area contributed by atoms with Crippen LogP contribution in [0.4, 0.5) is 0 Å². The smallest absolute Gasteiger partial charge is 0.249 e. The lowest BCUT2D eigenvalue weighted by atomic mass is 10.00. The molecule has 56 valence electrons. The van der Waals surface area contributed by atoms with Crippen LogP contribution in [0.1, 0.15) is 19.3 Å². The van der Waals surface area contributed by atoms with E-state index in [1.807, 2.05) is 0 Å². The van der Waals surface area contributed by atoms with Gasteiger partial charge in [-0.1, -0.05) is 0 Å². The second-order valence-electron chi connectivity index (χ2n) is 3.30. The van der Waals surface area contributed by atoms with Crippen molar-refractivity contribution in [2.45, 2.75) is 19.3 Å². The maximum absolute atomic E-state index is 11.1. The predicted molar refractivity (Wildman–Crippen MR) is 34.3 cm³/mol. The molecular formula is C7H11NO2. The summed E-state index contributed by atoms with van der Waals surface area (Å²) in [5.41, 5.74) is 0. The molecule has 2 fully saturated rings. The van der Waals surface area contributed by atoms with Crippen molar-refractivity contribution >= 4 is 5.91 Å². The summed E-state index contributed by atoms with van der Waals surface area (Å²) in [4.78, 5) is 11.1. The quantitative estimate of drug-likeness (QED) is 0.503. The Morgan fingerprint density at radius 3 is 3.10 bits per heavy atom. The Labute approximate surface area is 59.6 Å². The van der Waals surface area contributed by atoms with Gasteiger partial charge in [0.05, 0.1) is 6.54 Å². The highest BCUT2D eigenvalue weighted by molar-refractivity contribution is 5.78. The maximum atomic E-state index is 11.1. The normalized spacial score (nSPS) is 38.9. The molecule has 2 unspecified atom stereocenters. The number of carbonyl (C=O) groups is 1. The Bertz CT molecular complexity index is 169. The molecule has 2 atom stereocenters. The van der Waals surface area contributed by atoms with Gasteiger partial charge in [0, 0.05) is 5.92 Å². The molecule has 3 heteroatoms. The second-order valence-corrected chi connectivity index (χ2v) is 3.30. The molecule has 10 heavy (non-hydrogen) atoms. The van der Waals surface area contributed by atoms with E-state index in [9.17, 15) is 4.79 Å². The lowest BCUT2D eigenvalue weighted by molar-refractivity contribution is -0.176. The van der Waals surface area contributed by atoms with Crippen molar-refractivity contribution in [3.8, 4) is 0 Å². The van der Waals surface area contributed by atoms with Gasteiger partial charge in [-0.3, -0.25) is 10.0 Å². The van der Waals surface area contributed by atoms with Crippen molar-refractivity contribution in [1.82, 2.24) is 5.06 Å². The molecule has 1 heterocycles. The summed E-state index contributed by atoms with van der Waals surface area (Å²) in [6, 6.07) is 0. The zero-order valence-corrected chi connectivity index (χ0v) is 5.79. The number of rotatable bonds is 0. The number of hydroxylamine groups is 2. The molecule has 2 aliphatic rings. The monoisotopic (exact) mass is 141 g/mol. The van der Waals surface area contributed by atoms with Crippen LogP contribution in [0, 0.1) is 11.8 Å². The summed E-state index contributed by atoms with van der Waals surface area (Å²) in [7, 11) is 0. The fourth-order valence-corrected chi connectivity index (χ4v) is 2.01. The van der Waals surface area contributed by atoms with Crippen molar-refractivity contribution < 1.29 is 10.0 Å². The molecule has 0 spiro atoms. The van der Waals surface area contributed by atoms with Crippen LogP contribution in [-0.2, 0) is 4.79 Å². The van der Waals surface area contributed by atoms with E-state index in [-0.39, 0.29) is 11.8 Å². The molecule has 1 aliphatic heterocycles. The van der Waals surface area contributed by atoms with Gasteiger partial charge in [-0.15, -0.1) is 0 Å². The Balaban J connectivity index is 2.17. The lowest BCUT2D eigenvalue weighted by Crippen LogP contribution is -2.39. The van der Waals surface area contributed by atoms with Crippen LogP contribution in [0.25, 0.3) is 0 Å². The molecule has 1 amide bonds. The highest BCUT2D eigenvalue weighted by Gasteiger charge is 2.38. The van der Waals surface area contributed by atoms with Gasteiger partial charge in [-0.05, 0) is 25.2 Å². The van der Waals surface area contributed by atoms with Gasteiger partial charge < -0.3 is 0 Å². The van der Waals surface area contributed by atoms with Crippen LogP contribution in [0.15, 0.2) is 0 Å². The second kappa shape index (κ2) is 1.95. The van der Waals surface area contributed by atoms with Crippen LogP contribution in [0.5, 0.6) is 0 Å². The molecule has 2 rings (SSSR count). The number of hydrogen-bond donors (Lipinski definition) is 1. The minimum Gasteiger partial charge on any atom is -0.286 e. The van der Waals surface area contributed by atoms with Crippen molar-refractivity contribution in [3.63, 3.8) is 0 Å². The fourth-order valence-electron chi connectivity index (χ4n) is 2.01. The van der Waals surface area contributed by atoms with E-state index in [4.69, 9.17) is 5.21 Å². The Kier molecular flexibility index (Phi) is 1.20. The highest BCUT2D eigenvalue weighted by Crippen LogP contribution is 2.36. The first-order chi connectivity index (χ1) is 4.77. The van der Waals surface area contributed by atoms with Gasteiger partial charge >= 0.3 is 0 Å². The van der Waals surface area contributed by atoms with Crippen molar-refractivity contribution in [2.24, 2.45) is 11.8 Å². The van der Waals surface area contributed by atoms with Gasteiger partial charge in [0.15, 0.2) is 0 Å². The number of amides is 1. The first-order valence-electron chi connectivity index (χ1n) is 3.77. The molecule has 0 radical (unpaired) electrons. The molecule has 0 aromatic heterocycles. The standard InChI is InChI=1S/C7H11NO2/c9-7-6-2-1-5(3-6)4-8(7)10/h5-6,10H,1-4H2. The number of carbonyl (C=O) groups excluding carboxylic acids is 1. The zero-order valence-electron chi connectivity index (χ0n) is 5.79. The fraction of sp³-hybridized carbons (Fsp3) is 0.857. The van der Waals surface area contributed by atoms with Crippen LogP contribution in [0.3, 0.4) is 0 Å². The molecule has 1 aliphatic carbocycles. The summed E-state index contributed by atoms with van der Waals surface area (Å²) in [6.45, 7) is 0.565. The summed E-state index contributed by atoms with van der Waals surface area (Å²) < 4.78 is 0. The van der Waals surface area contributed by atoms with E-state index in [2.05, 4.69) is 0 Å². The first-order valence-corrected chi connectivity index (χ1v) is 3.77. The average Bonchev–Trinajstić information content (AvgIpc) is 2.29. The largest absolute Gasteiger partial charge is 0.286 e. The topological polar surface area (TPSA) is 40.5 Å². The number of hydrogen-bond acceptors (Lipinski definition) is 2. The highest BCUT2D eigenvalue weighted by atomic mass is 16.5. The summed E-state index contributed by atoms with van der Waals surface area (Å²) in [6.07, 6.45) is 3.12. The Morgan fingerprint density at radius 1 is 1.50 bits per heavy atom. The van der Waals surface area contributed by atoms with Crippen molar-refractivity contribution in [1.29, 1.82) is 0 Å². The molecule has 1 saturated heterocycles. The van der Waals surface area contributed by atoms with Crippen molar-refractivity contribution in [2.75, 3.05) is 6.54 Å². The average molecular weight is 141 g/mol. The van der Waals surface area contributed by atoms with E-state index in [1.54, 1.807) is 0 Å².